The van der Waals surface area contributed by atoms with E-state index in [1.54, 1.807) is 11.0 Å². The number of hydrogen-bond acceptors (Lipinski definition) is 6. The SMILES string of the molecule is CC(C)[C@@H]1CN(C(=O)[C@H](c2cc(N3CCN(C)CC3)ccc2C(N)=O)C(C)(C)C)[C@@H]2C(=O)CO[C@@H]21. The number of Topliss-reactive ketones (excluding diaryl/α,β-unsaturated/α-hetero) is 1. The zero-order valence-corrected chi connectivity index (χ0v) is 21.9. The monoisotopic (exact) mass is 484 g/mol. The molecule has 2 amide bonds. The van der Waals surface area contributed by atoms with E-state index in [0.29, 0.717) is 17.7 Å². The van der Waals surface area contributed by atoms with Crippen LogP contribution in [0.4, 0.5) is 5.69 Å². The molecule has 3 fully saturated rings. The van der Waals surface area contributed by atoms with Crippen molar-refractivity contribution < 1.29 is 19.1 Å². The van der Waals surface area contributed by atoms with E-state index < -0.39 is 23.3 Å². The maximum Gasteiger partial charge on any atom is 0.249 e. The summed E-state index contributed by atoms with van der Waals surface area (Å²) in [7, 11) is 2.11. The maximum atomic E-state index is 14.3. The molecule has 4 atom stereocenters. The van der Waals surface area contributed by atoms with Crippen LogP contribution in [0.25, 0.3) is 0 Å². The van der Waals surface area contributed by atoms with Crippen molar-refractivity contribution in [2.75, 3.05) is 51.3 Å². The first-order valence-corrected chi connectivity index (χ1v) is 12.7. The molecule has 0 spiro atoms. The van der Waals surface area contributed by atoms with Gasteiger partial charge in [-0.3, -0.25) is 14.4 Å². The topological polar surface area (TPSA) is 96.2 Å². The summed E-state index contributed by atoms with van der Waals surface area (Å²) in [4.78, 5) is 45.9. The number of ketones is 1. The molecule has 3 aliphatic heterocycles. The van der Waals surface area contributed by atoms with Gasteiger partial charge in [-0.1, -0.05) is 34.6 Å². The van der Waals surface area contributed by atoms with Gasteiger partial charge >= 0.3 is 0 Å². The van der Waals surface area contributed by atoms with Crippen LogP contribution in [0.1, 0.15) is 56.5 Å². The van der Waals surface area contributed by atoms with Gasteiger partial charge in [0.15, 0.2) is 5.78 Å². The molecule has 8 nitrogen and oxygen atoms in total. The predicted molar refractivity (Wildman–Crippen MR) is 135 cm³/mol. The first-order valence-electron chi connectivity index (χ1n) is 12.7. The van der Waals surface area contributed by atoms with Crippen molar-refractivity contribution in [2.45, 2.75) is 52.7 Å². The third-order valence-corrected chi connectivity index (χ3v) is 7.96. The minimum atomic E-state index is -0.627. The Balaban J connectivity index is 1.75. The van der Waals surface area contributed by atoms with Gasteiger partial charge in [0.1, 0.15) is 12.6 Å². The van der Waals surface area contributed by atoms with Crippen molar-refractivity contribution in [1.82, 2.24) is 9.80 Å². The molecule has 192 valence electrons. The van der Waals surface area contributed by atoms with Crippen LogP contribution >= 0.6 is 0 Å². The number of carbonyl (C=O) groups excluding carboxylic acids is 3. The number of piperazine rings is 1. The van der Waals surface area contributed by atoms with Crippen LogP contribution in [0.2, 0.25) is 0 Å². The van der Waals surface area contributed by atoms with Gasteiger partial charge in [0, 0.05) is 49.9 Å². The summed E-state index contributed by atoms with van der Waals surface area (Å²) >= 11 is 0. The second-order valence-electron chi connectivity index (χ2n) is 11.8. The molecular weight excluding hydrogens is 444 g/mol. The van der Waals surface area contributed by atoms with Crippen LogP contribution in [0, 0.1) is 17.3 Å². The normalized spacial score (nSPS) is 26.4. The molecule has 35 heavy (non-hydrogen) atoms. The van der Waals surface area contributed by atoms with Crippen molar-refractivity contribution in [1.29, 1.82) is 0 Å². The van der Waals surface area contributed by atoms with Crippen molar-refractivity contribution in [3.05, 3.63) is 29.3 Å². The smallest absolute Gasteiger partial charge is 0.249 e. The quantitative estimate of drug-likeness (QED) is 0.688. The van der Waals surface area contributed by atoms with E-state index in [9.17, 15) is 14.4 Å². The predicted octanol–water partition coefficient (Wildman–Crippen LogP) is 2.12. The van der Waals surface area contributed by atoms with Gasteiger partial charge in [-0.2, -0.15) is 0 Å². The third-order valence-electron chi connectivity index (χ3n) is 7.96. The number of hydrogen-bond donors (Lipinski definition) is 1. The number of fused-ring (bicyclic) bond motifs is 1. The lowest BCUT2D eigenvalue weighted by atomic mass is 9.73. The summed E-state index contributed by atoms with van der Waals surface area (Å²) in [6, 6.07) is 5.09. The van der Waals surface area contributed by atoms with E-state index in [2.05, 4.69) is 30.7 Å². The Bertz CT molecular complexity index is 993. The largest absolute Gasteiger partial charge is 0.369 e. The molecule has 1 aromatic carbocycles. The van der Waals surface area contributed by atoms with E-state index in [4.69, 9.17) is 10.5 Å². The second kappa shape index (κ2) is 9.54. The number of nitrogens with zero attached hydrogens (tertiary/aromatic N) is 3. The van der Waals surface area contributed by atoms with Gasteiger partial charge in [0.25, 0.3) is 0 Å². The zero-order valence-electron chi connectivity index (χ0n) is 21.9. The van der Waals surface area contributed by atoms with Crippen LogP contribution in [0.5, 0.6) is 0 Å². The van der Waals surface area contributed by atoms with Crippen molar-refractivity contribution in [3.63, 3.8) is 0 Å². The Morgan fingerprint density at radius 1 is 1.11 bits per heavy atom. The Morgan fingerprint density at radius 3 is 2.34 bits per heavy atom. The van der Waals surface area contributed by atoms with Crippen molar-refractivity contribution in [3.8, 4) is 0 Å². The number of nitrogens with two attached hydrogens (primary N) is 1. The summed E-state index contributed by atoms with van der Waals surface area (Å²) < 4.78 is 5.86. The van der Waals surface area contributed by atoms with Crippen molar-refractivity contribution in [2.24, 2.45) is 23.0 Å². The molecule has 4 rings (SSSR count). The van der Waals surface area contributed by atoms with E-state index in [1.807, 2.05) is 32.9 Å². The molecule has 0 unspecified atom stereocenters. The summed E-state index contributed by atoms with van der Waals surface area (Å²) in [5.41, 5.74) is 7.29. The Labute approximate surface area is 208 Å². The molecule has 0 radical (unpaired) electrons. The molecule has 3 heterocycles. The van der Waals surface area contributed by atoms with E-state index in [0.717, 1.165) is 31.9 Å². The molecule has 8 heteroatoms. The van der Waals surface area contributed by atoms with Crippen LogP contribution in [0.3, 0.4) is 0 Å². The number of rotatable bonds is 5. The molecule has 0 bridgehead atoms. The standard InChI is InChI=1S/C27H40N4O4/c1-16(2)20-14-31(23-21(32)15-35-24(20)23)26(34)22(27(3,4)5)19-13-17(7-8-18(19)25(28)33)30-11-9-29(6)10-12-30/h7-8,13,16,20,22-24H,9-12,14-15H2,1-6H3,(H2,28,33)/t20-,22-,23+,24+/m0/s1. The summed E-state index contributed by atoms with van der Waals surface area (Å²) in [6.07, 6.45) is -0.264. The number of amides is 2. The average molecular weight is 485 g/mol. The molecule has 0 aliphatic carbocycles. The molecular formula is C27H40N4O4. The fourth-order valence-corrected chi connectivity index (χ4v) is 5.92. The van der Waals surface area contributed by atoms with E-state index >= 15 is 0 Å². The highest BCUT2D eigenvalue weighted by molar-refractivity contribution is 5.99. The van der Waals surface area contributed by atoms with Gasteiger partial charge < -0.3 is 25.2 Å². The lowest BCUT2D eigenvalue weighted by Gasteiger charge is -2.37. The fraction of sp³-hybridized carbons (Fsp3) is 0.667. The average Bonchev–Trinajstić information content (AvgIpc) is 3.34. The molecule has 1 aromatic rings. The summed E-state index contributed by atoms with van der Waals surface area (Å²) in [5.74, 6) is -0.971. The van der Waals surface area contributed by atoms with Gasteiger partial charge in [0.05, 0.1) is 12.0 Å². The van der Waals surface area contributed by atoms with Gasteiger partial charge in [-0.05, 0) is 42.1 Å². The molecule has 2 N–H and O–H groups in total. The van der Waals surface area contributed by atoms with Crippen LogP contribution in [-0.2, 0) is 14.3 Å². The van der Waals surface area contributed by atoms with E-state index in [1.165, 1.54) is 0 Å². The number of likely N-dealkylation sites (tertiary alicyclic amines) is 1. The molecule has 0 saturated carbocycles. The Kier molecular flexibility index (Phi) is 6.99. The summed E-state index contributed by atoms with van der Waals surface area (Å²) in [5, 5.41) is 0. The minimum absolute atomic E-state index is 0.0412. The van der Waals surface area contributed by atoms with E-state index in [-0.39, 0.29) is 36.2 Å². The number of ether oxygens (including phenoxy) is 1. The Hall–Kier alpha value is -2.45. The number of primary amides is 1. The summed E-state index contributed by atoms with van der Waals surface area (Å²) in [6.45, 7) is 14.4. The van der Waals surface area contributed by atoms with Gasteiger partial charge in [-0.15, -0.1) is 0 Å². The highest BCUT2D eigenvalue weighted by Gasteiger charge is 2.54. The van der Waals surface area contributed by atoms with Crippen LogP contribution in [-0.4, -0.2) is 85.9 Å². The van der Waals surface area contributed by atoms with Crippen LogP contribution < -0.4 is 10.6 Å². The molecule has 0 aromatic heterocycles. The Morgan fingerprint density at radius 2 is 1.77 bits per heavy atom. The fourth-order valence-electron chi connectivity index (χ4n) is 5.92. The number of benzene rings is 1. The van der Waals surface area contributed by atoms with Gasteiger partial charge in [0.2, 0.25) is 11.8 Å². The molecule has 3 aliphatic rings. The number of anilines is 1. The lowest BCUT2D eigenvalue weighted by Crippen LogP contribution is -2.47. The van der Waals surface area contributed by atoms with Crippen molar-refractivity contribution >= 4 is 23.3 Å². The number of likely N-dealkylation sites (N-methyl/N-ethyl adjacent to an activating group) is 1. The minimum Gasteiger partial charge on any atom is -0.369 e. The van der Waals surface area contributed by atoms with Gasteiger partial charge in [-0.25, -0.2) is 0 Å². The first kappa shape index (κ1) is 25.6. The highest BCUT2D eigenvalue weighted by Crippen LogP contribution is 2.43. The first-order chi connectivity index (χ1) is 16.4. The second-order valence-corrected chi connectivity index (χ2v) is 11.8. The number of carbonyl (C=O) groups is 3. The third kappa shape index (κ3) is 4.83. The van der Waals surface area contributed by atoms with Crippen LogP contribution in [0.15, 0.2) is 18.2 Å². The molecule has 3 saturated heterocycles. The zero-order chi connectivity index (χ0) is 25.7. The highest BCUT2D eigenvalue weighted by atomic mass is 16.5. The lowest BCUT2D eigenvalue weighted by molar-refractivity contribution is -0.139. The maximum absolute atomic E-state index is 14.3.